The Kier molecular flexibility index (Phi) is 5.43. The third-order valence-corrected chi connectivity index (χ3v) is 6.69. The average Bonchev–Trinajstić information content (AvgIpc) is 3.22. The molecule has 1 atom stereocenters. The monoisotopic (exact) mass is 383 g/mol. The van der Waals surface area contributed by atoms with Crippen LogP contribution in [0, 0.1) is 12.3 Å². The molecule has 0 aliphatic carbocycles. The van der Waals surface area contributed by atoms with E-state index < -0.39 is 0 Å². The fraction of sp³-hybridized carbons (Fsp3) is 0.636. The highest BCUT2D eigenvalue weighted by Gasteiger charge is 2.46. The minimum absolute atomic E-state index is 0.0244. The Bertz CT molecular complexity index is 839. The summed E-state index contributed by atoms with van der Waals surface area (Å²) in [5.74, 6) is 1.24. The third kappa shape index (κ3) is 3.80. The zero-order valence-electron chi connectivity index (χ0n) is 17.4. The van der Waals surface area contributed by atoms with E-state index in [-0.39, 0.29) is 11.9 Å². The van der Waals surface area contributed by atoms with Crippen LogP contribution < -0.4 is 5.32 Å². The Morgan fingerprint density at radius 3 is 2.89 bits per heavy atom. The van der Waals surface area contributed by atoms with Crippen LogP contribution in [0.3, 0.4) is 0 Å². The summed E-state index contributed by atoms with van der Waals surface area (Å²) < 4.78 is 0. The molecular weight excluding hydrogens is 350 g/mol. The summed E-state index contributed by atoms with van der Waals surface area (Å²) in [6.07, 6.45) is 4.14. The van der Waals surface area contributed by atoms with Crippen molar-refractivity contribution in [1.82, 2.24) is 25.1 Å². The van der Waals surface area contributed by atoms with Gasteiger partial charge in [-0.2, -0.15) is 0 Å². The molecule has 3 heterocycles. The molecule has 1 amide bonds. The number of likely N-dealkylation sites (N-methyl/N-ethyl adjacent to an activating group) is 2. The first-order valence-electron chi connectivity index (χ1n) is 10.6. The highest BCUT2D eigenvalue weighted by molar-refractivity contribution is 5.82. The molecule has 6 nitrogen and oxygen atoms in total. The van der Waals surface area contributed by atoms with Crippen molar-refractivity contribution in [3.8, 4) is 0 Å². The number of aromatic nitrogens is 2. The van der Waals surface area contributed by atoms with Crippen LogP contribution in [0.15, 0.2) is 18.2 Å². The van der Waals surface area contributed by atoms with Gasteiger partial charge in [-0.1, -0.05) is 6.07 Å². The van der Waals surface area contributed by atoms with Gasteiger partial charge in [-0.25, -0.2) is 4.98 Å². The summed E-state index contributed by atoms with van der Waals surface area (Å²) in [5, 5.41) is 3.46. The zero-order chi connectivity index (χ0) is 19.7. The number of amides is 1. The molecule has 1 unspecified atom stereocenters. The van der Waals surface area contributed by atoms with E-state index in [0.29, 0.717) is 12.0 Å². The molecule has 2 N–H and O–H groups in total. The number of benzene rings is 1. The first-order chi connectivity index (χ1) is 13.5. The lowest BCUT2D eigenvalue weighted by Crippen LogP contribution is -2.45. The maximum absolute atomic E-state index is 13.3. The first-order valence-corrected chi connectivity index (χ1v) is 10.6. The molecule has 6 heteroatoms. The standard InChI is InChI=1S/C22H33N5O/c1-4-27(12-7-20-24-17-6-5-16(2)13-18(17)25-20)21(28)19-14-22(15-26(19)3)8-10-23-11-9-22/h5-6,13,19,23H,4,7-12,14-15H2,1-3H3,(H,24,25). The molecule has 0 bridgehead atoms. The van der Waals surface area contributed by atoms with E-state index in [9.17, 15) is 4.79 Å². The molecule has 2 aliphatic rings. The molecule has 1 aromatic heterocycles. The second-order valence-electron chi connectivity index (χ2n) is 8.76. The summed E-state index contributed by atoms with van der Waals surface area (Å²) in [7, 11) is 2.12. The number of H-pyrrole nitrogens is 1. The number of carbonyl (C=O) groups is 1. The van der Waals surface area contributed by atoms with Crippen molar-refractivity contribution in [2.24, 2.45) is 5.41 Å². The Hall–Kier alpha value is -1.92. The molecule has 1 spiro atoms. The molecule has 2 aromatic rings. The van der Waals surface area contributed by atoms with Crippen LogP contribution in [0.25, 0.3) is 11.0 Å². The fourth-order valence-corrected chi connectivity index (χ4v) is 5.04. The van der Waals surface area contributed by atoms with Gasteiger partial charge in [-0.3, -0.25) is 9.69 Å². The van der Waals surface area contributed by atoms with Crippen molar-refractivity contribution in [3.05, 3.63) is 29.6 Å². The number of piperidine rings is 1. The predicted octanol–water partition coefficient (Wildman–Crippen LogP) is 2.34. The van der Waals surface area contributed by atoms with Crippen LogP contribution >= 0.6 is 0 Å². The second kappa shape index (κ2) is 7.84. The quantitative estimate of drug-likeness (QED) is 0.832. The zero-order valence-corrected chi connectivity index (χ0v) is 17.4. The molecule has 0 radical (unpaired) electrons. The van der Waals surface area contributed by atoms with Gasteiger partial charge >= 0.3 is 0 Å². The van der Waals surface area contributed by atoms with E-state index in [1.807, 2.05) is 4.90 Å². The van der Waals surface area contributed by atoms with E-state index in [2.05, 4.69) is 59.3 Å². The molecule has 2 saturated heterocycles. The van der Waals surface area contributed by atoms with Gasteiger partial charge in [0.05, 0.1) is 17.1 Å². The minimum atomic E-state index is 0.0244. The number of likely N-dealkylation sites (tertiary alicyclic amines) is 1. The molecule has 152 valence electrons. The van der Waals surface area contributed by atoms with Crippen LogP contribution in [0.5, 0.6) is 0 Å². The lowest BCUT2D eigenvalue weighted by Gasteiger charge is -2.33. The van der Waals surface area contributed by atoms with Crippen LogP contribution in [-0.4, -0.2) is 71.5 Å². The van der Waals surface area contributed by atoms with E-state index in [4.69, 9.17) is 0 Å². The number of nitrogens with zero attached hydrogens (tertiary/aromatic N) is 3. The van der Waals surface area contributed by atoms with Gasteiger partial charge < -0.3 is 15.2 Å². The molecular formula is C22H33N5O. The maximum Gasteiger partial charge on any atom is 0.239 e. The Balaban J connectivity index is 1.40. The number of hydrogen-bond donors (Lipinski definition) is 2. The minimum Gasteiger partial charge on any atom is -0.342 e. The smallest absolute Gasteiger partial charge is 0.239 e. The van der Waals surface area contributed by atoms with Crippen molar-refractivity contribution < 1.29 is 4.79 Å². The summed E-state index contributed by atoms with van der Waals surface area (Å²) in [6, 6.07) is 6.29. The van der Waals surface area contributed by atoms with Crippen molar-refractivity contribution >= 4 is 16.9 Å². The van der Waals surface area contributed by atoms with Gasteiger partial charge in [-0.05, 0) is 76.4 Å². The number of hydrogen-bond acceptors (Lipinski definition) is 4. The maximum atomic E-state index is 13.3. The van der Waals surface area contributed by atoms with Gasteiger partial charge in [0.15, 0.2) is 0 Å². The number of carbonyl (C=O) groups excluding carboxylic acids is 1. The van der Waals surface area contributed by atoms with E-state index in [1.165, 1.54) is 18.4 Å². The second-order valence-corrected chi connectivity index (χ2v) is 8.76. The molecule has 4 rings (SSSR count). The molecule has 0 saturated carbocycles. The molecule has 2 aliphatic heterocycles. The van der Waals surface area contributed by atoms with E-state index >= 15 is 0 Å². The Morgan fingerprint density at radius 2 is 2.14 bits per heavy atom. The van der Waals surface area contributed by atoms with Crippen molar-refractivity contribution in [1.29, 1.82) is 0 Å². The van der Waals surface area contributed by atoms with Gasteiger partial charge in [-0.15, -0.1) is 0 Å². The topological polar surface area (TPSA) is 64.3 Å². The van der Waals surface area contributed by atoms with Gasteiger partial charge in [0.2, 0.25) is 5.91 Å². The number of fused-ring (bicyclic) bond motifs is 1. The number of nitrogens with one attached hydrogen (secondary N) is 2. The highest BCUT2D eigenvalue weighted by atomic mass is 16.2. The van der Waals surface area contributed by atoms with E-state index in [1.54, 1.807) is 0 Å². The van der Waals surface area contributed by atoms with Gasteiger partial charge in [0.1, 0.15) is 5.82 Å². The SMILES string of the molecule is CCN(CCc1nc2ccc(C)cc2[nH]1)C(=O)C1CC2(CCNCC2)CN1C. The predicted molar refractivity (Wildman–Crippen MR) is 112 cm³/mol. The summed E-state index contributed by atoms with van der Waals surface area (Å²) in [4.78, 5) is 25.7. The lowest BCUT2D eigenvalue weighted by molar-refractivity contribution is -0.135. The number of aromatic amines is 1. The number of aryl methyl sites for hydroxylation is 1. The van der Waals surface area contributed by atoms with Crippen LogP contribution in [0.4, 0.5) is 0 Å². The molecule has 28 heavy (non-hydrogen) atoms. The normalized spacial score (nSPS) is 22.2. The van der Waals surface area contributed by atoms with Crippen LogP contribution in [0.2, 0.25) is 0 Å². The average molecular weight is 384 g/mol. The summed E-state index contributed by atoms with van der Waals surface area (Å²) in [6.45, 7) is 8.84. The number of imidazole rings is 1. The largest absolute Gasteiger partial charge is 0.342 e. The van der Waals surface area contributed by atoms with Crippen molar-refractivity contribution in [2.75, 3.05) is 39.8 Å². The van der Waals surface area contributed by atoms with Crippen molar-refractivity contribution in [2.45, 2.75) is 45.6 Å². The third-order valence-electron chi connectivity index (χ3n) is 6.69. The first kappa shape index (κ1) is 19.4. The van der Waals surface area contributed by atoms with Gasteiger partial charge in [0, 0.05) is 26.1 Å². The fourth-order valence-electron chi connectivity index (χ4n) is 5.04. The number of rotatable bonds is 5. The summed E-state index contributed by atoms with van der Waals surface area (Å²) >= 11 is 0. The van der Waals surface area contributed by atoms with E-state index in [0.717, 1.165) is 55.9 Å². The van der Waals surface area contributed by atoms with Crippen molar-refractivity contribution in [3.63, 3.8) is 0 Å². The van der Waals surface area contributed by atoms with Crippen LogP contribution in [0.1, 0.15) is 37.6 Å². The lowest BCUT2D eigenvalue weighted by atomic mass is 9.77. The van der Waals surface area contributed by atoms with Gasteiger partial charge in [0.25, 0.3) is 0 Å². The summed E-state index contributed by atoms with van der Waals surface area (Å²) in [5.41, 5.74) is 3.63. The molecule has 2 fully saturated rings. The van der Waals surface area contributed by atoms with Crippen LogP contribution in [-0.2, 0) is 11.2 Å². The highest BCUT2D eigenvalue weighted by Crippen LogP contribution is 2.41. The Labute approximate surface area is 167 Å². The Morgan fingerprint density at radius 1 is 1.36 bits per heavy atom. The molecule has 1 aromatic carbocycles.